The first-order valence-corrected chi connectivity index (χ1v) is 10.5. The second kappa shape index (κ2) is 8.19. The molecule has 0 radical (unpaired) electrons. The van der Waals surface area contributed by atoms with Gasteiger partial charge in [0.2, 0.25) is 15.9 Å². The van der Waals surface area contributed by atoms with Crippen molar-refractivity contribution in [3.8, 4) is 0 Å². The van der Waals surface area contributed by atoms with Crippen LogP contribution in [-0.4, -0.2) is 45.9 Å². The molecule has 1 aromatic rings. The molecule has 1 aromatic carbocycles. The number of carbonyl (C=O) groups excluding carboxylic acids is 1. The fourth-order valence-corrected chi connectivity index (χ4v) is 4.26. The van der Waals surface area contributed by atoms with Gasteiger partial charge in [-0.3, -0.25) is 9.10 Å². The molecule has 6 nitrogen and oxygen atoms in total. The molecule has 0 aromatic heterocycles. The molecule has 1 aliphatic heterocycles. The van der Waals surface area contributed by atoms with Crippen LogP contribution in [0.15, 0.2) is 18.2 Å². The molecule has 1 saturated heterocycles. The summed E-state index contributed by atoms with van der Waals surface area (Å²) in [5, 5.41) is 2.85. The van der Waals surface area contributed by atoms with E-state index in [4.69, 9.17) is 4.74 Å². The van der Waals surface area contributed by atoms with Gasteiger partial charge >= 0.3 is 0 Å². The molecule has 0 unspecified atom stereocenters. The summed E-state index contributed by atoms with van der Waals surface area (Å²) in [6.07, 6.45) is 3.46. The van der Waals surface area contributed by atoms with Crippen LogP contribution in [0, 0.1) is 13.8 Å². The van der Waals surface area contributed by atoms with Crippen molar-refractivity contribution >= 4 is 21.6 Å². The van der Waals surface area contributed by atoms with Crippen molar-refractivity contribution in [1.82, 2.24) is 5.32 Å². The summed E-state index contributed by atoms with van der Waals surface area (Å²) in [6.45, 7) is 6.85. The minimum absolute atomic E-state index is 0.0229. The van der Waals surface area contributed by atoms with Crippen LogP contribution in [0.4, 0.5) is 5.69 Å². The lowest BCUT2D eigenvalue weighted by molar-refractivity contribution is -0.122. The third-order valence-corrected chi connectivity index (χ3v) is 5.78. The second-order valence-corrected chi connectivity index (χ2v) is 8.49. The van der Waals surface area contributed by atoms with Crippen LogP contribution in [0.25, 0.3) is 0 Å². The van der Waals surface area contributed by atoms with Gasteiger partial charge in [0.1, 0.15) is 6.04 Å². The first kappa shape index (κ1) is 19.7. The third kappa shape index (κ3) is 4.95. The zero-order chi connectivity index (χ0) is 18.6. The maximum atomic E-state index is 12.7. The highest BCUT2D eigenvalue weighted by Crippen LogP contribution is 2.25. The molecule has 2 atom stereocenters. The van der Waals surface area contributed by atoms with Crippen molar-refractivity contribution in [3.05, 3.63) is 29.3 Å². The number of ether oxygens (including phenoxy) is 1. The van der Waals surface area contributed by atoms with Gasteiger partial charge in [0, 0.05) is 13.2 Å². The van der Waals surface area contributed by atoms with Crippen LogP contribution < -0.4 is 9.62 Å². The number of anilines is 1. The molecule has 7 heteroatoms. The molecule has 1 heterocycles. The highest BCUT2D eigenvalue weighted by atomic mass is 32.2. The Morgan fingerprint density at radius 2 is 2.08 bits per heavy atom. The van der Waals surface area contributed by atoms with Gasteiger partial charge in [-0.1, -0.05) is 13.0 Å². The van der Waals surface area contributed by atoms with Crippen molar-refractivity contribution in [1.29, 1.82) is 0 Å². The Balaban J connectivity index is 2.24. The van der Waals surface area contributed by atoms with E-state index in [2.05, 4.69) is 5.32 Å². The Morgan fingerprint density at radius 1 is 1.36 bits per heavy atom. The van der Waals surface area contributed by atoms with E-state index in [0.717, 1.165) is 36.8 Å². The van der Waals surface area contributed by atoms with E-state index < -0.39 is 16.1 Å². The Kier molecular flexibility index (Phi) is 6.46. The summed E-state index contributed by atoms with van der Waals surface area (Å²) < 4.78 is 31.6. The molecule has 2 rings (SSSR count). The Bertz CT molecular complexity index is 712. The van der Waals surface area contributed by atoms with Gasteiger partial charge in [-0.25, -0.2) is 8.42 Å². The lowest BCUT2D eigenvalue weighted by Gasteiger charge is -2.30. The predicted molar refractivity (Wildman–Crippen MR) is 99.3 cm³/mol. The minimum Gasteiger partial charge on any atom is -0.376 e. The quantitative estimate of drug-likeness (QED) is 0.800. The average Bonchev–Trinajstić information content (AvgIpc) is 3.05. The number of sulfonamides is 1. The summed E-state index contributed by atoms with van der Waals surface area (Å²) in [5.41, 5.74) is 2.58. The first-order valence-electron chi connectivity index (χ1n) is 8.70. The van der Waals surface area contributed by atoms with Gasteiger partial charge in [0.15, 0.2) is 0 Å². The topological polar surface area (TPSA) is 75.7 Å². The van der Waals surface area contributed by atoms with E-state index in [1.54, 1.807) is 6.07 Å². The van der Waals surface area contributed by atoms with E-state index >= 15 is 0 Å². The molecule has 0 bridgehead atoms. The maximum Gasteiger partial charge on any atom is 0.243 e. The maximum absolute atomic E-state index is 12.7. The zero-order valence-electron chi connectivity index (χ0n) is 15.4. The number of hydrogen-bond acceptors (Lipinski definition) is 4. The van der Waals surface area contributed by atoms with Crippen LogP contribution in [-0.2, 0) is 19.6 Å². The smallest absolute Gasteiger partial charge is 0.243 e. The van der Waals surface area contributed by atoms with Gasteiger partial charge in [0.25, 0.3) is 0 Å². The number of nitrogens with one attached hydrogen (secondary N) is 1. The summed E-state index contributed by atoms with van der Waals surface area (Å²) >= 11 is 0. The molecule has 140 valence electrons. The molecular weight excluding hydrogens is 340 g/mol. The molecule has 1 aliphatic rings. The molecule has 0 aliphatic carbocycles. The monoisotopic (exact) mass is 368 g/mol. The molecule has 1 fully saturated rings. The SMILES string of the molecule is CC[C@H](C(=O)NC[C@@H]1CCCO1)N(c1ccc(C)c(C)c1)S(C)(=O)=O. The number of rotatable bonds is 7. The van der Waals surface area contributed by atoms with Crippen molar-refractivity contribution in [3.63, 3.8) is 0 Å². The molecule has 25 heavy (non-hydrogen) atoms. The Labute approximate surface area is 150 Å². The average molecular weight is 368 g/mol. The van der Waals surface area contributed by atoms with Crippen molar-refractivity contribution in [2.75, 3.05) is 23.7 Å². The van der Waals surface area contributed by atoms with Crippen molar-refractivity contribution in [2.45, 2.75) is 52.2 Å². The fraction of sp³-hybridized carbons (Fsp3) is 0.611. The lowest BCUT2D eigenvalue weighted by atomic mass is 10.1. The number of carbonyl (C=O) groups is 1. The van der Waals surface area contributed by atoms with E-state index in [1.165, 1.54) is 4.31 Å². The van der Waals surface area contributed by atoms with E-state index in [9.17, 15) is 13.2 Å². The fourth-order valence-electron chi connectivity index (χ4n) is 3.06. The van der Waals surface area contributed by atoms with Gasteiger partial charge in [0.05, 0.1) is 18.0 Å². The standard InChI is InChI=1S/C18H28N2O4S/c1-5-17(18(21)19-12-16-7-6-10-24-16)20(25(4,22)23)15-9-8-13(2)14(3)11-15/h8-9,11,16-17H,5-7,10,12H2,1-4H3,(H,19,21)/t16-,17+/m0/s1. The number of nitrogens with zero attached hydrogens (tertiary/aromatic N) is 1. The largest absolute Gasteiger partial charge is 0.376 e. The van der Waals surface area contributed by atoms with Gasteiger partial charge in [-0.2, -0.15) is 0 Å². The van der Waals surface area contributed by atoms with Gasteiger partial charge in [-0.05, 0) is 56.4 Å². The summed E-state index contributed by atoms with van der Waals surface area (Å²) in [6, 6.07) is 4.66. The van der Waals surface area contributed by atoms with Gasteiger partial charge in [-0.15, -0.1) is 0 Å². The molecule has 0 spiro atoms. The van der Waals surface area contributed by atoms with Crippen molar-refractivity contribution < 1.29 is 17.9 Å². The predicted octanol–water partition coefficient (Wildman–Crippen LogP) is 2.14. The second-order valence-electron chi connectivity index (χ2n) is 6.63. The Morgan fingerprint density at radius 3 is 2.60 bits per heavy atom. The first-order chi connectivity index (χ1) is 11.7. The molecule has 1 amide bonds. The van der Waals surface area contributed by atoms with Crippen LogP contribution in [0.3, 0.4) is 0 Å². The zero-order valence-corrected chi connectivity index (χ0v) is 16.2. The summed E-state index contributed by atoms with van der Waals surface area (Å²) in [5.74, 6) is -0.290. The van der Waals surface area contributed by atoms with Crippen LogP contribution >= 0.6 is 0 Å². The van der Waals surface area contributed by atoms with E-state index in [1.807, 2.05) is 32.9 Å². The van der Waals surface area contributed by atoms with Crippen LogP contribution in [0.2, 0.25) is 0 Å². The highest BCUT2D eigenvalue weighted by molar-refractivity contribution is 7.92. The van der Waals surface area contributed by atoms with Crippen LogP contribution in [0.1, 0.15) is 37.3 Å². The number of amides is 1. The van der Waals surface area contributed by atoms with E-state index in [0.29, 0.717) is 18.7 Å². The van der Waals surface area contributed by atoms with Gasteiger partial charge < -0.3 is 10.1 Å². The number of aryl methyl sites for hydroxylation is 2. The number of hydrogen-bond donors (Lipinski definition) is 1. The summed E-state index contributed by atoms with van der Waals surface area (Å²) in [7, 11) is -3.60. The van der Waals surface area contributed by atoms with Crippen molar-refractivity contribution in [2.24, 2.45) is 0 Å². The molecule has 0 saturated carbocycles. The van der Waals surface area contributed by atoms with E-state index in [-0.39, 0.29) is 12.0 Å². The number of benzene rings is 1. The lowest BCUT2D eigenvalue weighted by Crippen LogP contribution is -2.50. The van der Waals surface area contributed by atoms with Crippen LogP contribution in [0.5, 0.6) is 0 Å². The molecular formula is C18H28N2O4S. The highest BCUT2D eigenvalue weighted by Gasteiger charge is 2.32. The Hall–Kier alpha value is -1.60. The third-order valence-electron chi connectivity index (χ3n) is 4.60. The normalized spacial score (nSPS) is 18.8. The summed E-state index contributed by atoms with van der Waals surface area (Å²) in [4.78, 5) is 12.7. The minimum atomic E-state index is -3.60. The molecule has 1 N–H and O–H groups in total.